The Labute approximate surface area is 202 Å². The van der Waals surface area contributed by atoms with Gasteiger partial charge in [0.2, 0.25) is 5.89 Å². The van der Waals surface area contributed by atoms with Crippen molar-refractivity contribution in [3.8, 4) is 23.0 Å². The van der Waals surface area contributed by atoms with Crippen molar-refractivity contribution in [2.75, 3.05) is 20.3 Å². The van der Waals surface area contributed by atoms with Crippen molar-refractivity contribution in [2.24, 2.45) is 11.7 Å². The van der Waals surface area contributed by atoms with Crippen LogP contribution in [0, 0.1) is 5.92 Å². The number of halogens is 2. The van der Waals surface area contributed by atoms with Gasteiger partial charge in [-0.1, -0.05) is 13.8 Å². The zero-order valence-corrected chi connectivity index (χ0v) is 20.1. The van der Waals surface area contributed by atoms with E-state index in [-0.39, 0.29) is 35.4 Å². The molecule has 1 aromatic carbocycles. The molecule has 192 valence electrons. The van der Waals surface area contributed by atoms with Crippen molar-refractivity contribution >= 4 is 11.9 Å². The molecule has 1 aliphatic heterocycles. The van der Waals surface area contributed by atoms with E-state index in [1.807, 2.05) is 13.8 Å². The number of amides is 1. The number of rotatable bonds is 9. The van der Waals surface area contributed by atoms with Crippen LogP contribution in [-0.4, -0.2) is 54.7 Å². The molecule has 1 saturated heterocycles. The first-order valence-electron chi connectivity index (χ1n) is 11.7. The zero-order chi connectivity index (χ0) is 25.5. The summed E-state index contributed by atoms with van der Waals surface area (Å²) < 4.78 is 46.3. The number of ether oxygens (including phenoxy) is 3. The summed E-state index contributed by atoms with van der Waals surface area (Å²) in [5.74, 6) is -0.329. The monoisotopic (exact) mass is 495 g/mol. The molecule has 1 unspecified atom stereocenters. The Bertz CT molecular complexity index is 1020. The van der Waals surface area contributed by atoms with Crippen LogP contribution in [0.3, 0.4) is 0 Å². The Kier molecular flexibility index (Phi) is 9.02. The average Bonchev–Trinajstić information content (AvgIpc) is 3.39. The lowest BCUT2D eigenvalue weighted by Crippen LogP contribution is -2.41. The number of alkyl halides is 2. The van der Waals surface area contributed by atoms with Crippen molar-refractivity contribution in [1.82, 2.24) is 9.88 Å². The number of nitrogens with two attached hydrogens (primary N) is 1. The van der Waals surface area contributed by atoms with Crippen molar-refractivity contribution in [1.29, 1.82) is 0 Å². The highest BCUT2D eigenvalue weighted by molar-refractivity contribution is 5.96. The summed E-state index contributed by atoms with van der Waals surface area (Å²) in [6.45, 7) is 1.67. The predicted octanol–water partition coefficient (Wildman–Crippen LogP) is 3.99. The highest BCUT2D eigenvalue weighted by Crippen LogP contribution is 2.37. The number of benzene rings is 1. The molecule has 1 amide bonds. The molecular weight excluding hydrogens is 464 g/mol. The van der Waals surface area contributed by atoms with Crippen LogP contribution in [-0.2, 0) is 16.1 Å². The van der Waals surface area contributed by atoms with Gasteiger partial charge >= 0.3 is 12.6 Å². The fraction of sp³-hybridized carbons (Fsp3) is 0.542. The van der Waals surface area contributed by atoms with Gasteiger partial charge in [0, 0.05) is 12.1 Å². The summed E-state index contributed by atoms with van der Waals surface area (Å²) in [7, 11) is 1.27. The number of oxazole rings is 1. The predicted molar refractivity (Wildman–Crippen MR) is 122 cm³/mol. The molecule has 1 saturated carbocycles. The molecule has 2 heterocycles. The molecule has 1 aliphatic carbocycles. The fourth-order valence-corrected chi connectivity index (χ4v) is 3.75. The summed E-state index contributed by atoms with van der Waals surface area (Å²) in [5, 5.41) is 0. The molecule has 0 spiro atoms. The molecule has 2 fully saturated rings. The van der Waals surface area contributed by atoms with E-state index < -0.39 is 24.5 Å². The van der Waals surface area contributed by atoms with Crippen LogP contribution in [0.2, 0.25) is 0 Å². The van der Waals surface area contributed by atoms with Gasteiger partial charge in [0.25, 0.3) is 5.91 Å². The summed E-state index contributed by atoms with van der Waals surface area (Å²) in [4.78, 5) is 30.9. The van der Waals surface area contributed by atoms with Crippen LogP contribution >= 0.6 is 0 Å². The van der Waals surface area contributed by atoms with E-state index in [0.29, 0.717) is 37.5 Å². The quantitative estimate of drug-likeness (QED) is 0.519. The molecule has 2 aromatic rings. The fourth-order valence-electron chi connectivity index (χ4n) is 3.75. The second-order valence-electron chi connectivity index (χ2n) is 7.97. The van der Waals surface area contributed by atoms with Gasteiger partial charge in [-0.05, 0) is 49.8 Å². The molecule has 1 atom stereocenters. The number of nitrogens with zero attached hydrogens (tertiary/aromatic N) is 2. The summed E-state index contributed by atoms with van der Waals surface area (Å²) in [5.41, 5.74) is 6.17. The van der Waals surface area contributed by atoms with E-state index in [1.165, 1.54) is 30.2 Å². The van der Waals surface area contributed by atoms with Crippen LogP contribution in [0.4, 0.5) is 8.78 Å². The van der Waals surface area contributed by atoms with Crippen molar-refractivity contribution in [3.05, 3.63) is 29.7 Å². The van der Waals surface area contributed by atoms with E-state index in [2.05, 4.69) is 9.72 Å². The maximum atomic E-state index is 13.1. The SMILES string of the molecule is CC.COC(=O)C1CCCN1C(=O)c1nc(-c2ccc(OC(F)F)c(OCC3CC3)c2)oc1CN. The van der Waals surface area contributed by atoms with Crippen molar-refractivity contribution in [3.63, 3.8) is 0 Å². The van der Waals surface area contributed by atoms with E-state index in [9.17, 15) is 18.4 Å². The molecule has 11 heteroatoms. The summed E-state index contributed by atoms with van der Waals surface area (Å²) in [6, 6.07) is 3.61. The Hall–Kier alpha value is -3.21. The standard InChI is InChI=1S/C22H25F2N3O6.C2H6/c1-30-21(29)14-3-2-8-27(14)20(28)18-17(10-25)32-19(26-18)13-6-7-15(33-22(23)24)16(9-13)31-11-12-4-5-12;1-2/h6-7,9,12,14,22H,2-5,8,10-11,25H2,1H3;1-2H3. The molecular formula is C24H31F2N3O6. The number of hydrogen-bond donors (Lipinski definition) is 1. The molecule has 1 aromatic heterocycles. The highest BCUT2D eigenvalue weighted by atomic mass is 19.3. The second-order valence-corrected chi connectivity index (χ2v) is 7.97. The number of esters is 1. The first-order chi connectivity index (χ1) is 16.9. The Morgan fingerprint density at radius 2 is 1.97 bits per heavy atom. The van der Waals surface area contributed by atoms with Gasteiger partial charge in [-0.3, -0.25) is 4.79 Å². The van der Waals surface area contributed by atoms with Crippen LogP contribution in [0.25, 0.3) is 11.5 Å². The molecule has 9 nitrogen and oxygen atoms in total. The molecule has 2 N–H and O–H groups in total. The summed E-state index contributed by atoms with van der Waals surface area (Å²) in [6.07, 6.45) is 3.20. The van der Waals surface area contributed by atoms with Crippen molar-refractivity contribution < 1.29 is 37.0 Å². The van der Waals surface area contributed by atoms with Crippen LogP contribution in [0.15, 0.2) is 22.6 Å². The molecule has 35 heavy (non-hydrogen) atoms. The molecule has 0 radical (unpaired) electrons. The lowest BCUT2D eigenvalue weighted by molar-refractivity contribution is -0.145. The third kappa shape index (κ3) is 6.27. The first kappa shape index (κ1) is 26.4. The number of hydrogen-bond acceptors (Lipinski definition) is 8. The zero-order valence-electron chi connectivity index (χ0n) is 20.1. The minimum absolute atomic E-state index is 0.00309. The lowest BCUT2D eigenvalue weighted by atomic mass is 10.2. The summed E-state index contributed by atoms with van der Waals surface area (Å²) >= 11 is 0. The van der Waals surface area contributed by atoms with Gasteiger partial charge in [-0.15, -0.1) is 0 Å². The van der Waals surface area contributed by atoms with E-state index >= 15 is 0 Å². The number of carbonyl (C=O) groups excluding carboxylic acids is 2. The molecule has 4 rings (SSSR count). The minimum Gasteiger partial charge on any atom is -0.489 e. The van der Waals surface area contributed by atoms with E-state index in [0.717, 1.165) is 12.8 Å². The Balaban J connectivity index is 0.00000167. The Morgan fingerprint density at radius 1 is 1.23 bits per heavy atom. The van der Waals surface area contributed by atoms with Gasteiger partial charge in [0.05, 0.1) is 20.3 Å². The van der Waals surface area contributed by atoms with Crippen LogP contribution in [0.1, 0.15) is 55.8 Å². The van der Waals surface area contributed by atoms with Gasteiger partial charge < -0.3 is 29.3 Å². The van der Waals surface area contributed by atoms with Gasteiger partial charge in [0.1, 0.15) is 6.04 Å². The van der Waals surface area contributed by atoms with Gasteiger partial charge in [-0.2, -0.15) is 8.78 Å². The third-order valence-corrected chi connectivity index (χ3v) is 5.65. The normalized spacial score (nSPS) is 17.1. The third-order valence-electron chi connectivity index (χ3n) is 5.65. The minimum atomic E-state index is -3.00. The van der Waals surface area contributed by atoms with E-state index in [4.69, 9.17) is 19.6 Å². The number of carbonyl (C=O) groups is 2. The van der Waals surface area contributed by atoms with E-state index in [1.54, 1.807) is 0 Å². The van der Waals surface area contributed by atoms with Gasteiger partial charge in [0.15, 0.2) is 23.0 Å². The molecule has 2 aliphatic rings. The highest BCUT2D eigenvalue weighted by Gasteiger charge is 2.37. The smallest absolute Gasteiger partial charge is 0.387 e. The van der Waals surface area contributed by atoms with Crippen LogP contribution in [0.5, 0.6) is 11.5 Å². The number of likely N-dealkylation sites (tertiary alicyclic amines) is 1. The lowest BCUT2D eigenvalue weighted by Gasteiger charge is -2.21. The maximum absolute atomic E-state index is 13.1. The van der Waals surface area contributed by atoms with Gasteiger partial charge in [-0.25, -0.2) is 9.78 Å². The topological polar surface area (TPSA) is 117 Å². The second kappa shape index (κ2) is 12.0. The van der Waals surface area contributed by atoms with Crippen LogP contribution < -0.4 is 15.2 Å². The Morgan fingerprint density at radius 3 is 2.60 bits per heavy atom. The maximum Gasteiger partial charge on any atom is 0.387 e. The molecule has 0 bridgehead atoms. The van der Waals surface area contributed by atoms with Crippen molar-refractivity contribution in [2.45, 2.75) is 58.7 Å². The largest absolute Gasteiger partial charge is 0.489 e. The number of methoxy groups -OCH3 is 1. The average molecular weight is 496 g/mol. The first-order valence-corrected chi connectivity index (χ1v) is 11.7. The number of aromatic nitrogens is 1.